The quantitative estimate of drug-likeness (QED) is 0.629. The van der Waals surface area contributed by atoms with Gasteiger partial charge in [0.25, 0.3) is 4.84 Å². The van der Waals surface area contributed by atoms with Gasteiger partial charge in [0.05, 0.1) is 18.2 Å². The standard InChI is InChI=1S/C21H31N3O3S2/c1-15(2)12-23(18-10-11-29(25,26)13-18)14-24-20(28)27-19(22-24)16-6-8-17(9-7-16)21(3,4)5/h6-9,15,18H,10-14H2,1-5H3/t18-/m1/s1. The molecule has 0 unspecified atom stereocenters. The molecule has 0 aliphatic carbocycles. The second-order valence-corrected chi connectivity index (χ2v) is 11.9. The van der Waals surface area contributed by atoms with Crippen LogP contribution in [-0.2, 0) is 21.9 Å². The number of hydrogen-bond donors (Lipinski definition) is 0. The highest BCUT2D eigenvalue weighted by atomic mass is 32.2. The predicted octanol–water partition coefficient (Wildman–Crippen LogP) is 4.27. The minimum atomic E-state index is -2.95. The maximum atomic E-state index is 11.9. The van der Waals surface area contributed by atoms with Crippen LogP contribution < -0.4 is 0 Å². The number of nitrogens with zero attached hydrogens (tertiary/aromatic N) is 3. The Labute approximate surface area is 178 Å². The molecule has 160 valence electrons. The van der Waals surface area contributed by atoms with Gasteiger partial charge in [-0.2, -0.15) is 0 Å². The summed E-state index contributed by atoms with van der Waals surface area (Å²) >= 11 is 5.40. The molecule has 1 aromatic heterocycles. The minimum Gasteiger partial charge on any atom is -0.409 e. The van der Waals surface area contributed by atoms with Crippen molar-refractivity contribution in [2.45, 2.75) is 59.2 Å². The number of hydrogen-bond acceptors (Lipinski definition) is 6. The highest BCUT2D eigenvalue weighted by Crippen LogP contribution is 2.26. The van der Waals surface area contributed by atoms with Gasteiger partial charge in [0, 0.05) is 18.2 Å². The molecule has 0 saturated carbocycles. The van der Waals surface area contributed by atoms with Crippen LogP contribution in [0, 0.1) is 10.8 Å². The molecule has 6 nitrogen and oxygen atoms in total. The van der Waals surface area contributed by atoms with Crippen LogP contribution in [0.2, 0.25) is 0 Å². The molecule has 1 atom stereocenters. The summed E-state index contributed by atoms with van der Waals surface area (Å²) in [5, 5.41) is 4.58. The summed E-state index contributed by atoms with van der Waals surface area (Å²) in [7, 11) is -2.95. The summed E-state index contributed by atoms with van der Waals surface area (Å²) in [5.41, 5.74) is 2.20. The van der Waals surface area contributed by atoms with Gasteiger partial charge in [0.15, 0.2) is 9.84 Å². The first-order valence-electron chi connectivity index (χ1n) is 10.1. The van der Waals surface area contributed by atoms with E-state index in [0.29, 0.717) is 29.7 Å². The van der Waals surface area contributed by atoms with E-state index < -0.39 is 9.84 Å². The highest BCUT2D eigenvalue weighted by Gasteiger charge is 2.33. The normalized spacial score (nSPS) is 19.3. The third-order valence-corrected chi connectivity index (χ3v) is 7.29. The van der Waals surface area contributed by atoms with Crippen molar-refractivity contribution in [3.63, 3.8) is 0 Å². The van der Waals surface area contributed by atoms with Gasteiger partial charge in [-0.3, -0.25) is 4.90 Å². The SMILES string of the molecule is CC(C)CN(Cn1nc(-c2ccc(C(C)(C)C)cc2)oc1=S)[C@@H]1CCS(=O)(=O)C1. The lowest BCUT2D eigenvalue weighted by Gasteiger charge is -2.29. The summed E-state index contributed by atoms with van der Waals surface area (Å²) in [5.74, 6) is 1.34. The molecule has 3 rings (SSSR count). The third-order valence-electron chi connectivity index (χ3n) is 5.24. The van der Waals surface area contributed by atoms with E-state index in [-0.39, 0.29) is 23.0 Å². The van der Waals surface area contributed by atoms with Crippen molar-refractivity contribution in [3.8, 4) is 11.5 Å². The van der Waals surface area contributed by atoms with Crippen LogP contribution in [0.25, 0.3) is 11.5 Å². The Morgan fingerprint density at radius 1 is 1.28 bits per heavy atom. The molecule has 0 N–H and O–H groups in total. The van der Waals surface area contributed by atoms with Crippen LogP contribution in [0.4, 0.5) is 0 Å². The molecule has 1 aromatic carbocycles. The van der Waals surface area contributed by atoms with E-state index in [2.05, 4.69) is 56.8 Å². The Morgan fingerprint density at radius 2 is 1.93 bits per heavy atom. The van der Waals surface area contributed by atoms with E-state index >= 15 is 0 Å². The van der Waals surface area contributed by atoms with Gasteiger partial charge < -0.3 is 4.42 Å². The number of aromatic nitrogens is 2. The molecule has 2 heterocycles. The molecule has 29 heavy (non-hydrogen) atoms. The average molecular weight is 438 g/mol. The molecule has 2 aromatic rings. The third kappa shape index (κ3) is 5.55. The first-order valence-corrected chi connectivity index (χ1v) is 12.3. The monoisotopic (exact) mass is 437 g/mol. The molecule has 0 radical (unpaired) electrons. The zero-order valence-electron chi connectivity index (χ0n) is 17.9. The van der Waals surface area contributed by atoms with Crippen LogP contribution in [0.3, 0.4) is 0 Å². The smallest absolute Gasteiger partial charge is 0.288 e. The largest absolute Gasteiger partial charge is 0.409 e. The summed E-state index contributed by atoms with van der Waals surface area (Å²) in [6, 6.07) is 8.17. The lowest BCUT2D eigenvalue weighted by molar-refractivity contribution is 0.136. The fourth-order valence-electron chi connectivity index (χ4n) is 3.65. The van der Waals surface area contributed by atoms with Gasteiger partial charge in [-0.25, -0.2) is 13.1 Å². The van der Waals surface area contributed by atoms with Crippen molar-refractivity contribution in [2.75, 3.05) is 18.1 Å². The molecule has 1 aliphatic rings. The summed E-state index contributed by atoms with van der Waals surface area (Å²) in [4.78, 5) is 2.47. The highest BCUT2D eigenvalue weighted by molar-refractivity contribution is 7.91. The van der Waals surface area contributed by atoms with Crippen molar-refractivity contribution in [1.82, 2.24) is 14.7 Å². The lowest BCUT2D eigenvalue weighted by Crippen LogP contribution is -2.40. The summed E-state index contributed by atoms with van der Waals surface area (Å²) < 4.78 is 31.3. The Bertz CT molecular complexity index is 999. The topological polar surface area (TPSA) is 68.3 Å². The predicted molar refractivity (Wildman–Crippen MR) is 118 cm³/mol. The first-order chi connectivity index (χ1) is 13.4. The fourth-order valence-corrected chi connectivity index (χ4v) is 5.59. The zero-order valence-corrected chi connectivity index (χ0v) is 19.5. The van der Waals surface area contributed by atoms with E-state index in [1.54, 1.807) is 4.68 Å². The Balaban J connectivity index is 1.82. The Kier molecular flexibility index (Phi) is 6.36. The van der Waals surface area contributed by atoms with Gasteiger partial charge in [0.1, 0.15) is 0 Å². The summed E-state index contributed by atoms with van der Waals surface area (Å²) in [6.45, 7) is 12.0. The van der Waals surface area contributed by atoms with E-state index in [1.807, 2.05) is 12.1 Å². The van der Waals surface area contributed by atoms with E-state index in [4.69, 9.17) is 16.6 Å². The molecular weight excluding hydrogens is 406 g/mol. The molecule has 0 bridgehead atoms. The van der Waals surface area contributed by atoms with Crippen molar-refractivity contribution >= 4 is 22.1 Å². The zero-order chi connectivity index (χ0) is 21.4. The van der Waals surface area contributed by atoms with Crippen LogP contribution in [0.5, 0.6) is 0 Å². The van der Waals surface area contributed by atoms with Crippen LogP contribution >= 0.6 is 12.2 Å². The van der Waals surface area contributed by atoms with Crippen LogP contribution in [0.1, 0.15) is 46.6 Å². The van der Waals surface area contributed by atoms with Gasteiger partial charge in [-0.15, -0.1) is 5.10 Å². The fraction of sp³-hybridized carbons (Fsp3) is 0.619. The van der Waals surface area contributed by atoms with Crippen molar-refractivity contribution < 1.29 is 12.8 Å². The summed E-state index contributed by atoms with van der Waals surface area (Å²) in [6.07, 6.45) is 0.654. The van der Waals surface area contributed by atoms with E-state index in [0.717, 1.165) is 12.1 Å². The minimum absolute atomic E-state index is 0.00415. The molecule has 1 aliphatic heterocycles. The second-order valence-electron chi connectivity index (χ2n) is 9.36. The first kappa shape index (κ1) is 22.2. The van der Waals surface area contributed by atoms with Crippen LogP contribution in [-0.4, -0.2) is 47.2 Å². The van der Waals surface area contributed by atoms with Crippen molar-refractivity contribution in [1.29, 1.82) is 0 Å². The Hall–Kier alpha value is -1.51. The molecular formula is C21H31N3O3S2. The second kappa shape index (κ2) is 8.32. The van der Waals surface area contributed by atoms with Gasteiger partial charge in [-0.05, 0) is 47.7 Å². The Morgan fingerprint density at radius 3 is 2.45 bits per heavy atom. The number of benzene rings is 1. The lowest BCUT2D eigenvalue weighted by atomic mass is 9.87. The number of sulfone groups is 1. The maximum absolute atomic E-state index is 11.9. The van der Waals surface area contributed by atoms with Crippen LogP contribution in [0.15, 0.2) is 28.7 Å². The molecule has 8 heteroatoms. The maximum Gasteiger partial charge on any atom is 0.288 e. The average Bonchev–Trinajstić information content (AvgIpc) is 3.16. The van der Waals surface area contributed by atoms with E-state index in [1.165, 1.54) is 5.56 Å². The molecule has 1 fully saturated rings. The van der Waals surface area contributed by atoms with Crippen molar-refractivity contribution in [3.05, 3.63) is 34.7 Å². The molecule has 0 amide bonds. The molecule has 1 saturated heterocycles. The molecule has 0 spiro atoms. The van der Waals surface area contributed by atoms with Gasteiger partial charge >= 0.3 is 0 Å². The van der Waals surface area contributed by atoms with E-state index in [9.17, 15) is 8.42 Å². The van der Waals surface area contributed by atoms with Crippen molar-refractivity contribution in [2.24, 2.45) is 5.92 Å². The number of rotatable bonds is 6. The van der Waals surface area contributed by atoms with Gasteiger partial charge in [0.2, 0.25) is 5.89 Å². The van der Waals surface area contributed by atoms with Gasteiger partial charge in [-0.1, -0.05) is 46.8 Å².